The van der Waals surface area contributed by atoms with Crippen LogP contribution >= 0.6 is 22.6 Å². The summed E-state index contributed by atoms with van der Waals surface area (Å²) in [6, 6.07) is 0. The highest BCUT2D eigenvalue weighted by Gasteiger charge is 2.24. The van der Waals surface area contributed by atoms with E-state index in [0.29, 0.717) is 0 Å². The summed E-state index contributed by atoms with van der Waals surface area (Å²) < 4.78 is 0.0265. The van der Waals surface area contributed by atoms with Crippen LogP contribution in [0.25, 0.3) is 0 Å². The van der Waals surface area contributed by atoms with Crippen molar-refractivity contribution in [3.63, 3.8) is 0 Å². The molecule has 2 N–H and O–H groups in total. The molecule has 1 amide bonds. The van der Waals surface area contributed by atoms with E-state index in [1.165, 1.54) is 7.05 Å². The molecule has 0 bridgehead atoms. The topological polar surface area (TPSA) is 66.4 Å². The average Bonchev–Trinajstić information content (AvgIpc) is 1.98. The summed E-state index contributed by atoms with van der Waals surface area (Å²) in [5.74, 6) is -1.58. The number of hydrogen-bond acceptors (Lipinski definition) is 2. The van der Waals surface area contributed by atoms with Gasteiger partial charge in [-0.1, -0.05) is 29.5 Å². The quantitative estimate of drug-likeness (QED) is 0.588. The summed E-state index contributed by atoms with van der Waals surface area (Å²) in [4.78, 5) is 21.5. The van der Waals surface area contributed by atoms with E-state index in [4.69, 9.17) is 5.11 Å². The Morgan fingerprint density at radius 2 is 2.08 bits per heavy atom. The van der Waals surface area contributed by atoms with E-state index in [9.17, 15) is 9.59 Å². The fourth-order valence-corrected chi connectivity index (χ4v) is 1.42. The molecule has 0 saturated heterocycles. The van der Waals surface area contributed by atoms with Gasteiger partial charge in [0.1, 0.15) is 0 Å². The van der Waals surface area contributed by atoms with Gasteiger partial charge in [-0.3, -0.25) is 9.59 Å². The highest BCUT2D eigenvalue weighted by molar-refractivity contribution is 14.1. The predicted molar refractivity (Wildman–Crippen MR) is 53.3 cm³/mol. The summed E-state index contributed by atoms with van der Waals surface area (Å²) >= 11 is 2.05. The lowest BCUT2D eigenvalue weighted by Gasteiger charge is -2.15. The van der Waals surface area contributed by atoms with Crippen LogP contribution in [-0.4, -0.2) is 28.0 Å². The second kappa shape index (κ2) is 5.34. The molecule has 4 nitrogen and oxygen atoms in total. The molecule has 5 heteroatoms. The van der Waals surface area contributed by atoms with E-state index in [1.54, 1.807) is 0 Å². The minimum atomic E-state index is -0.938. The summed E-state index contributed by atoms with van der Waals surface area (Å²) in [5, 5.41) is 10.9. The van der Waals surface area contributed by atoms with Crippen molar-refractivity contribution in [3.05, 3.63) is 0 Å². The number of nitrogens with one attached hydrogen (secondary N) is 1. The molecule has 2 atom stereocenters. The largest absolute Gasteiger partial charge is 0.481 e. The van der Waals surface area contributed by atoms with Crippen LogP contribution in [0.4, 0.5) is 0 Å². The second-order valence-corrected chi connectivity index (χ2v) is 4.46. The fraction of sp³-hybridized carbons (Fsp3) is 0.714. The molecular formula is C7H12INO3. The van der Waals surface area contributed by atoms with Crippen molar-refractivity contribution in [1.82, 2.24) is 5.32 Å². The highest BCUT2D eigenvalue weighted by atomic mass is 127. The molecule has 0 fully saturated rings. The Labute approximate surface area is 84.9 Å². The molecular weight excluding hydrogens is 273 g/mol. The van der Waals surface area contributed by atoms with E-state index in [2.05, 4.69) is 27.9 Å². The van der Waals surface area contributed by atoms with Crippen LogP contribution in [-0.2, 0) is 9.59 Å². The molecule has 0 radical (unpaired) electrons. The molecule has 2 unspecified atom stereocenters. The Kier molecular flexibility index (Phi) is 5.19. The molecule has 0 rings (SSSR count). The zero-order valence-corrected chi connectivity index (χ0v) is 9.16. The number of rotatable bonds is 4. The van der Waals surface area contributed by atoms with Gasteiger partial charge in [-0.05, 0) is 0 Å². The van der Waals surface area contributed by atoms with Gasteiger partial charge in [-0.25, -0.2) is 0 Å². The Hall–Kier alpha value is -0.330. The number of carbonyl (C=O) groups excluding carboxylic acids is 1. The summed E-state index contributed by atoms with van der Waals surface area (Å²) in [7, 11) is 1.51. The number of amides is 1. The Bertz CT molecular complexity index is 181. The molecule has 12 heavy (non-hydrogen) atoms. The number of aliphatic carboxylic acids is 1. The van der Waals surface area contributed by atoms with Crippen LogP contribution in [0.5, 0.6) is 0 Å². The molecule has 0 saturated carbocycles. The first-order valence-electron chi connectivity index (χ1n) is 3.56. The lowest BCUT2D eigenvalue weighted by atomic mass is 10.0. The molecule has 0 aliphatic heterocycles. The number of hydrogen-bond donors (Lipinski definition) is 2. The molecule has 0 aromatic carbocycles. The van der Waals surface area contributed by atoms with Crippen LogP contribution in [0.15, 0.2) is 0 Å². The Morgan fingerprint density at radius 3 is 2.33 bits per heavy atom. The van der Waals surface area contributed by atoms with E-state index in [1.807, 2.05) is 6.92 Å². The molecule has 0 spiro atoms. The normalized spacial score (nSPS) is 14.9. The van der Waals surface area contributed by atoms with Gasteiger partial charge in [0.25, 0.3) is 0 Å². The van der Waals surface area contributed by atoms with Crippen molar-refractivity contribution < 1.29 is 14.7 Å². The van der Waals surface area contributed by atoms with E-state index in [-0.39, 0.29) is 16.3 Å². The maximum Gasteiger partial charge on any atom is 0.304 e. The van der Waals surface area contributed by atoms with Crippen molar-refractivity contribution in [2.45, 2.75) is 17.3 Å². The Morgan fingerprint density at radius 1 is 1.58 bits per heavy atom. The van der Waals surface area contributed by atoms with Crippen LogP contribution in [0.1, 0.15) is 13.3 Å². The summed E-state index contributed by atoms with van der Waals surface area (Å²) in [5.41, 5.74) is 0. The molecule has 0 aromatic rings. The van der Waals surface area contributed by atoms with Gasteiger partial charge in [0.2, 0.25) is 5.91 Å². The second-order valence-electron chi connectivity index (χ2n) is 2.50. The number of carboxylic acids is 1. The first-order chi connectivity index (χ1) is 5.49. The molecule has 0 aromatic heterocycles. The van der Waals surface area contributed by atoms with E-state index >= 15 is 0 Å². The lowest BCUT2D eigenvalue weighted by Crippen LogP contribution is -2.33. The van der Waals surface area contributed by atoms with Gasteiger partial charge in [0.05, 0.1) is 12.3 Å². The van der Waals surface area contributed by atoms with Gasteiger partial charge < -0.3 is 10.4 Å². The number of halogens is 1. The standard InChI is InChI=1S/C7H12INO3/c1-4(8)5(3-6(10)11)7(12)9-2/h4-5H,3H2,1-2H3,(H,9,12)(H,10,11). The molecule has 0 heterocycles. The van der Waals surface area contributed by atoms with Gasteiger partial charge >= 0.3 is 5.97 Å². The minimum Gasteiger partial charge on any atom is -0.481 e. The highest BCUT2D eigenvalue weighted by Crippen LogP contribution is 2.16. The monoisotopic (exact) mass is 285 g/mol. The average molecular weight is 285 g/mol. The third-order valence-corrected chi connectivity index (χ3v) is 2.40. The first kappa shape index (κ1) is 11.7. The molecule has 70 valence electrons. The van der Waals surface area contributed by atoms with Gasteiger partial charge in [0.15, 0.2) is 0 Å². The van der Waals surface area contributed by atoms with Gasteiger partial charge in [-0.2, -0.15) is 0 Å². The van der Waals surface area contributed by atoms with Crippen LogP contribution in [0.3, 0.4) is 0 Å². The fourth-order valence-electron chi connectivity index (χ4n) is 0.837. The zero-order valence-electron chi connectivity index (χ0n) is 7.00. The number of carboxylic acid groups (broad SMARTS) is 1. The maximum atomic E-state index is 11.1. The Balaban J connectivity index is 4.23. The summed E-state index contributed by atoms with van der Waals surface area (Å²) in [6.45, 7) is 1.82. The zero-order chi connectivity index (χ0) is 9.72. The maximum absolute atomic E-state index is 11.1. The minimum absolute atomic E-state index is 0.0265. The number of alkyl halides is 1. The summed E-state index contributed by atoms with van der Waals surface area (Å²) in [6.07, 6.45) is -0.107. The lowest BCUT2D eigenvalue weighted by molar-refractivity contribution is -0.140. The van der Waals surface area contributed by atoms with E-state index < -0.39 is 11.9 Å². The van der Waals surface area contributed by atoms with Crippen molar-refractivity contribution in [2.24, 2.45) is 5.92 Å². The molecule has 0 aliphatic carbocycles. The smallest absolute Gasteiger partial charge is 0.304 e. The van der Waals surface area contributed by atoms with Crippen LogP contribution in [0.2, 0.25) is 0 Å². The molecule has 0 aliphatic rings. The van der Waals surface area contributed by atoms with Crippen molar-refractivity contribution in [3.8, 4) is 0 Å². The van der Waals surface area contributed by atoms with Gasteiger partial charge in [0, 0.05) is 11.0 Å². The SMILES string of the molecule is CNC(=O)C(CC(=O)O)C(C)I. The van der Waals surface area contributed by atoms with Crippen LogP contribution in [0, 0.1) is 5.92 Å². The van der Waals surface area contributed by atoms with Crippen LogP contribution < -0.4 is 5.32 Å². The third kappa shape index (κ3) is 3.89. The van der Waals surface area contributed by atoms with E-state index in [0.717, 1.165) is 0 Å². The third-order valence-electron chi connectivity index (χ3n) is 1.53. The van der Waals surface area contributed by atoms with Crippen molar-refractivity contribution >= 4 is 34.5 Å². The number of carbonyl (C=O) groups is 2. The first-order valence-corrected chi connectivity index (χ1v) is 4.81. The predicted octanol–water partition coefficient (Wildman–Crippen LogP) is 0.647. The van der Waals surface area contributed by atoms with Crippen molar-refractivity contribution in [2.75, 3.05) is 7.05 Å². The van der Waals surface area contributed by atoms with Gasteiger partial charge in [-0.15, -0.1) is 0 Å². The van der Waals surface area contributed by atoms with Crippen molar-refractivity contribution in [1.29, 1.82) is 0 Å².